The summed E-state index contributed by atoms with van der Waals surface area (Å²) in [6, 6.07) is 5.24. The number of pyridine rings is 1. The Hall–Kier alpha value is -0.410. The summed E-state index contributed by atoms with van der Waals surface area (Å²) in [6.07, 6.45) is 2.85. The molecular weight excluding hydrogens is 230 g/mol. The third-order valence-electron chi connectivity index (χ3n) is 2.15. The van der Waals surface area contributed by atoms with Gasteiger partial charge in [0.2, 0.25) is 0 Å². The monoisotopic (exact) mass is 245 g/mol. The van der Waals surface area contributed by atoms with Crippen LogP contribution in [0, 0.1) is 0 Å². The van der Waals surface area contributed by atoms with Gasteiger partial charge in [-0.1, -0.05) is 13.0 Å². The van der Waals surface area contributed by atoms with Gasteiger partial charge in [0.1, 0.15) is 0 Å². The normalized spacial score (nSPS) is 12.7. The predicted molar refractivity (Wildman–Crippen MR) is 68.0 cm³/mol. The van der Waals surface area contributed by atoms with E-state index in [0.717, 1.165) is 18.7 Å². The fourth-order valence-corrected chi connectivity index (χ4v) is 2.68. The number of aryl methyl sites for hydroxylation is 1. The molecule has 1 heterocycles. The van der Waals surface area contributed by atoms with Crippen LogP contribution in [0.15, 0.2) is 29.2 Å². The number of hydrogen-bond donors (Lipinski definition) is 0. The number of thioether (sulfide) groups is 1. The lowest BCUT2D eigenvalue weighted by Crippen LogP contribution is -2.19. The molecule has 1 aromatic heterocycles. The van der Waals surface area contributed by atoms with Gasteiger partial charge in [-0.25, -0.2) is 0 Å². The molecule has 1 atom stereocenters. The van der Waals surface area contributed by atoms with E-state index in [1.807, 2.05) is 24.0 Å². The van der Waals surface area contributed by atoms with E-state index in [0.29, 0.717) is 11.1 Å². The maximum absolute atomic E-state index is 11.4. The van der Waals surface area contributed by atoms with E-state index in [1.54, 1.807) is 16.7 Å². The van der Waals surface area contributed by atoms with Crippen LogP contribution in [0.2, 0.25) is 0 Å². The molecule has 2 nitrogen and oxygen atoms in total. The second-order valence-corrected chi connectivity index (χ2v) is 5.32. The van der Waals surface area contributed by atoms with Crippen LogP contribution in [0.25, 0.3) is 0 Å². The molecule has 0 bridgehead atoms. The summed E-state index contributed by atoms with van der Waals surface area (Å²) in [5.74, 6) is 1.67. The molecule has 0 amide bonds. The number of aromatic nitrogens is 1. The van der Waals surface area contributed by atoms with Crippen LogP contribution in [0.4, 0.5) is 0 Å². The van der Waals surface area contributed by atoms with E-state index < -0.39 is 0 Å². The van der Waals surface area contributed by atoms with Gasteiger partial charge in [0, 0.05) is 35.7 Å². The van der Waals surface area contributed by atoms with E-state index in [9.17, 15) is 4.79 Å². The average Bonchev–Trinajstić information content (AvgIpc) is 2.21. The first-order valence-electron chi connectivity index (χ1n) is 5.07. The Balaban J connectivity index is 2.32. The highest BCUT2D eigenvalue weighted by Crippen LogP contribution is 2.14. The molecular formula is C11H16ClNOS. The minimum absolute atomic E-state index is 0.0723. The largest absolute Gasteiger partial charge is 0.315 e. The minimum atomic E-state index is 0.0723. The summed E-state index contributed by atoms with van der Waals surface area (Å²) in [6.45, 7) is 2.94. The lowest BCUT2D eigenvalue weighted by molar-refractivity contribution is 0.733. The van der Waals surface area contributed by atoms with Crippen LogP contribution in [0.3, 0.4) is 0 Å². The lowest BCUT2D eigenvalue weighted by Gasteiger charge is -2.09. The van der Waals surface area contributed by atoms with Crippen molar-refractivity contribution in [2.75, 3.05) is 11.6 Å². The molecule has 0 radical (unpaired) electrons. The lowest BCUT2D eigenvalue weighted by atomic mass is 10.4. The molecule has 1 unspecified atom stereocenters. The van der Waals surface area contributed by atoms with Crippen molar-refractivity contribution in [1.29, 1.82) is 0 Å². The Labute approximate surface area is 99.6 Å². The summed E-state index contributed by atoms with van der Waals surface area (Å²) >= 11 is 7.51. The summed E-state index contributed by atoms with van der Waals surface area (Å²) in [5.41, 5.74) is 0.0723. The standard InChI is InChI=1S/C11H16ClNOS/c1-10(5-6-12)15-9-8-13-7-3-2-4-11(13)14/h2-4,7,10H,5-6,8-9H2,1H3. The Morgan fingerprint density at radius 3 is 3.00 bits per heavy atom. The quantitative estimate of drug-likeness (QED) is 0.719. The van der Waals surface area contributed by atoms with Gasteiger partial charge in [-0.2, -0.15) is 11.8 Å². The number of hydrogen-bond acceptors (Lipinski definition) is 2. The molecule has 0 aliphatic rings. The maximum atomic E-state index is 11.4. The summed E-state index contributed by atoms with van der Waals surface area (Å²) in [5, 5.41) is 0.571. The Bertz CT molecular complexity index is 339. The second-order valence-electron chi connectivity index (χ2n) is 3.39. The van der Waals surface area contributed by atoms with Gasteiger partial charge in [-0.05, 0) is 12.5 Å². The van der Waals surface area contributed by atoms with Crippen molar-refractivity contribution in [2.24, 2.45) is 0 Å². The molecule has 0 N–H and O–H groups in total. The van der Waals surface area contributed by atoms with Gasteiger partial charge >= 0.3 is 0 Å². The Kier molecular flexibility index (Phi) is 5.88. The third-order valence-corrected chi connectivity index (χ3v) is 3.59. The van der Waals surface area contributed by atoms with Crippen molar-refractivity contribution < 1.29 is 0 Å². The molecule has 4 heteroatoms. The van der Waals surface area contributed by atoms with Gasteiger partial charge in [-0.3, -0.25) is 4.79 Å². The van der Waals surface area contributed by atoms with Crippen LogP contribution in [0.1, 0.15) is 13.3 Å². The average molecular weight is 246 g/mol. The molecule has 1 aromatic rings. The van der Waals surface area contributed by atoms with Crippen molar-refractivity contribution >= 4 is 23.4 Å². The first-order chi connectivity index (χ1) is 7.24. The van der Waals surface area contributed by atoms with E-state index in [4.69, 9.17) is 11.6 Å². The van der Waals surface area contributed by atoms with Crippen LogP contribution < -0.4 is 5.56 Å². The topological polar surface area (TPSA) is 22.0 Å². The molecule has 0 saturated heterocycles. The Morgan fingerprint density at radius 1 is 1.53 bits per heavy atom. The zero-order valence-corrected chi connectivity index (χ0v) is 10.4. The molecule has 1 rings (SSSR count). The molecule has 15 heavy (non-hydrogen) atoms. The van der Waals surface area contributed by atoms with Crippen LogP contribution >= 0.6 is 23.4 Å². The molecule has 0 aliphatic heterocycles. The summed E-state index contributed by atoms with van der Waals surface area (Å²) in [7, 11) is 0. The van der Waals surface area contributed by atoms with Gasteiger partial charge in [0.25, 0.3) is 5.56 Å². The smallest absolute Gasteiger partial charge is 0.250 e. The van der Waals surface area contributed by atoms with E-state index in [-0.39, 0.29) is 5.56 Å². The third kappa shape index (κ3) is 4.76. The van der Waals surface area contributed by atoms with Gasteiger partial charge in [0.15, 0.2) is 0 Å². The minimum Gasteiger partial charge on any atom is -0.315 e. The fraction of sp³-hybridized carbons (Fsp3) is 0.545. The van der Waals surface area contributed by atoms with E-state index in [1.165, 1.54) is 0 Å². The van der Waals surface area contributed by atoms with Gasteiger partial charge in [-0.15, -0.1) is 11.6 Å². The van der Waals surface area contributed by atoms with E-state index in [2.05, 4.69) is 6.92 Å². The van der Waals surface area contributed by atoms with Crippen molar-refractivity contribution in [3.63, 3.8) is 0 Å². The SMILES string of the molecule is CC(CCCl)SCCn1ccccc1=O. The van der Waals surface area contributed by atoms with Crippen LogP contribution in [-0.4, -0.2) is 21.4 Å². The van der Waals surface area contributed by atoms with Crippen molar-refractivity contribution in [1.82, 2.24) is 4.57 Å². The van der Waals surface area contributed by atoms with Crippen LogP contribution in [-0.2, 0) is 6.54 Å². The van der Waals surface area contributed by atoms with Crippen molar-refractivity contribution in [2.45, 2.75) is 25.1 Å². The zero-order valence-electron chi connectivity index (χ0n) is 8.86. The highest BCUT2D eigenvalue weighted by atomic mass is 35.5. The number of halogens is 1. The Morgan fingerprint density at radius 2 is 2.33 bits per heavy atom. The number of nitrogens with zero attached hydrogens (tertiary/aromatic N) is 1. The van der Waals surface area contributed by atoms with Gasteiger partial charge < -0.3 is 4.57 Å². The first kappa shape index (κ1) is 12.7. The van der Waals surface area contributed by atoms with Crippen LogP contribution in [0.5, 0.6) is 0 Å². The molecule has 0 aliphatic carbocycles. The molecule has 0 saturated carbocycles. The zero-order chi connectivity index (χ0) is 11.1. The highest BCUT2D eigenvalue weighted by Gasteiger charge is 2.01. The molecule has 0 aromatic carbocycles. The first-order valence-corrected chi connectivity index (χ1v) is 6.65. The highest BCUT2D eigenvalue weighted by molar-refractivity contribution is 7.99. The van der Waals surface area contributed by atoms with Crippen molar-refractivity contribution in [3.05, 3.63) is 34.7 Å². The number of alkyl halides is 1. The van der Waals surface area contributed by atoms with E-state index >= 15 is 0 Å². The van der Waals surface area contributed by atoms with Crippen molar-refractivity contribution in [3.8, 4) is 0 Å². The predicted octanol–water partition coefficient (Wildman–Crippen LogP) is 2.60. The van der Waals surface area contributed by atoms with Gasteiger partial charge in [0.05, 0.1) is 0 Å². The fourth-order valence-electron chi connectivity index (χ4n) is 1.23. The summed E-state index contributed by atoms with van der Waals surface area (Å²) < 4.78 is 1.74. The summed E-state index contributed by atoms with van der Waals surface area (Å²) in [4.78, 5) is 11.4. The maximum Gasteiger partial charge on any atom is 0.250 e. The molecule has 84 valence electrons. The molecule has 0 spiro atoms. The second kappa shape index (κ2) is 6.96. The molecule has 0 fully saturated rings. The number of rotatable bonds is 6.